The highest BCUT2D eigenvalue weighted by Crippen LogP contribution is 2.27. The van der Waals surface area contributed by atoms with Gasteiger partial charge in [0.1, 0.15) is 24.2 Å². The summed E-state index contributed by atoms with van der Waals surface area (Å²) in [7, 11) is 2.86. The lowest BCUT2D eigenvalue weighted by Gasteiger charge is -2.13. The van der Waals surface area contributed by atoms with E-state index >= 15 is 0 Å². The summed E-state index contributed by atoms with van der Waals surface area (Å²) in [6, 6.07) is 10.7. The number of hydrogen-bond acceptors (Lipinski definition) is 7. The Hall–Kier alpha value is -3.33. The fraction of sp³-hybridized carbons (Fsp3) is 0.278. The number of carbonyl (C=O) groups is 1. The van der Waals surface area contributed by atoms with E-state index in [4.69, 9.17) is 14.2 Å². The Morgan fingerprint density at radius 2 is 1.81 bits per heavy atom. The van der Waals surface area contributed by atoms with Crippen LogP contribution in [0.5, 0.6) is 17.2 Å². The number of carbonyl (C=O) groups excluding carboxylic acids is 1. The molecule has 144 valence electrons. The average molecular weight is 376 g/mol. The first-order valence-electron chi connectivity index (χ1n) is 8.00. The summed E-state index contributed by atoms with van der Waals surface area (Å²) in [4.78, 5) is 22.5. The van der Waals surface area contributed by atoms with Crippen LogP contribution in [0, 0.1) is 10.1 Å². The molecule has 0 spiro atoms. The SMILES string of the molecule is COc1ccc(OCC(O)CNC(=O)c2ccc(OC)c([N+](=O)[O-])c2)cc1. The molecule has 9 nitrogen and oxygen atoms in total. The number of rotatable bonds is 9. The van der Waals surface area contributed by atoms with Crippen LogP contribution in [0.3, 0.4) is 0 Å². The summed E-state index contributed by atoms with van der Waals surface area (Å²) < 4.78 is 15.4. The van der Waals surface area contributed by atoms with Crippen LogP contribution in [0.2, 0.25) is 0 Å². The zero-order valence-electron chi connectivity index (χ0n) is 14.9. The van der Waals surface area contributed by atoms with Crippen LogP contribution in [-0.2, 0) is 0 Å². The molecule has 0 saturated carbocycles. The Balaban J connectivity index is 1.87. The van der Waals surface area contributed by atoms with Crippen molar-refractivity contribution < 1.29 is 29.0 Å². The maximum Gasteiger partial charge on any atom is 0.311 e. The van der Waals surface area contributed by atoms with Crippen LogP contribution in [0.25, 0.3) is 0 Å². The van der Waals surface area contributed by atoms with Crippen molar-refractivity contribution in [2.75, 3.05) is 27.4 Å². The highest BCUT2D eigenvalue weighted by Gasteiger charge is 2.18. The zero-order valence-corrected chi connectivity index (χ0v) is 14.9. The molecule has 2 aromatic rings. The summed E-state index contributed by atoms with van der Waals surface area (Å²) >= 11 is 0. The van der Waals surface area contributed by atoms with E-state index in [-0.39, 0.29) is 30.2 Å². The zero-order chi connectivity index (χ0) is 19.8. The second kappa shape index (κ2) is 9.39. The van der Waals surface area contributed by atoms with Gasteiger partial charge >= 0.3 is 5.69 Å². The molecule has 0 saturated heterocycles. The normalized spacial score (nSPS) is 11.4. The molecular formula is C18H20N2O7. The first-order valence-corrected chi connectivity index (χ1v) is 8.00. The van der Waals surface area contributed by atoms with Crippen molar-refractivity contribution in [3.63, 3.8) is 0 Å². The fourth-order valence-electron chi connectivity index (χ4n) is 2.21. The standard InChI is InChI=1S/C18H20N2O7/c1-25-14-4-6-15(7-5-14)27-11-13(21)10-19-18(22)12-3-8-17(26-2)16(9-12)20(23)24/h3-9,13,21H,10-11H2,1-2H3,(H,19,22). The monoisotopic (exact) mass is 376 g/mol. The maximum atomic E-state index is 12.1. The number of ether oxygens (including phenoxy) is 3. The molecule has 9 heteroatoms. The largest absolute Gasteiger partial charge is 0.497 e. The van der Waals surface area contributed by atoms with Crippen LogP contribution in [-0.4, -0.2) is 49.4 Å². The van der Waals surface area contributed by atoms with Gasteiger partial charge in [0.2, 0.25) is 0 Å². The van der Waals surface area contributed by atoms with E-state index in [1.54, 1.807) is 31.4 Å². The van der Waals surface area contributed by atoms with Gasteiger partial charge in [-0.3, -0.25) is 14.9 Å². The number of amides is 1. The number of methoxy groups -OCH3 is 2. The number of nitrogens with one attached hydrogen (secondary N) is 1. The Bertz CT molecular complexity index is 793. The fourth-order valence-corrected chi connectivity index (χ4v) is 2.21. The Labute approximate surface area is 155 Å². The van der Waals surface area contributed by atoms with Gasteiger partial charge in [0, 0.05) is 18.2 Å². The van der Waals surface area contributed by atoms with E-state index in [1.165, 1.54) is 19.2 Å². The summed E-state index contributed by atoms with van der Waals surface area (Å²) in [5.74, 6) is 0.740. The van der Waals surface area contributed by atoms with Crippen molar-refractivity contribution >= 4 is 11.6 Å². The molecule has 2 rings (SSSR count). The summed E-state index contributed by atoms with van der Waals surface area (Å²) in [5.41, 5.74) is -0.223. The highest BCUT2D eigenvalue weighted by molar-refractivity contribution is 5.95. The predicted molar refractivity (Wildman–Crippen MR) is 96.5 cm³/mol. The predicted octanol–water partition coefficient (Wildman–Crippen LogP) is 1.78. The lowest BCUT2D eigenvalue weighted by atomic mass is 10.1. The molecule has 0 bridgehead atoms. The van der Waals surface area contributed by atoms with Crippen molar-refractivity contribution in [1.29, 1.82) is 0 Å². The lowest BCUT2D eigenvalue weighted by Crippen LogP contribution is -2.35. The van der Waals surface area contributed by atoms with Crippen LogP contribution < -0.4 is 19.5 Å². The molecule has 0 aliphatic heterocycles. The number of benzene rings is 2. The van der Waals surface area contributed by atoms with Crippen molar-refractivity contribution in [2.24, 2.45) is 0 Å². The summed E-state index contributed by atoms with van der Waals surface area (Å²) in [6.45, 7) is -0.107. The van der Waals surface area contributed by atoms with Crippen LogP contribution in [0.4, 0.5) is 5.69 Å². The number of nitro benzene ring substituents is 1. The van der Waals surface area contributed by atoms with Crippen molar-refractivity contribution in [1.82, 2.24) is 5.32 Å². The topological polar surface area (TPSA) is 120 Å². The molecule has 1 atom stereocenters. The molecule has 1 unspecified atom stereocenters. The van der Waals surface area contributed by atoms with Gasteiger partial charge in [-0.15, -0.1) is 0 Å². The number of nitrogens with zero attached hydrogens (tertiary/aromatic N) is 1. The Morgan fingerprint density at radius 3 is 2.41 bits per heavy atom. The van der Waals surface area contributed by atoms with E-state index in [9.17, 15) is 20.0 Å². The van der Waals surface area contributed by atoms with Gasteiger partial charge in [-0.1, -0.05) is 0 Å². The molecule has 1 amide bonds. The Morgan fingerprint density at radius 1 is 1.15 bits per heavy atom. The molecule has 0 heterocycles. The van der Waals surface area contributed by atoms with Crippen molar-refractivity contribution in [3.05, 3.63) is 58.1 Å². The summed E-state index contributed by atoms with van der Waals surface area (Å²) in [6.07, 6.45) is -0.954. The van der Waals surface area contributed by atoms with Crippen LogP contribution >= 0.6 is 0 Å². The lowest BCUT2D eigenvalue weighted by molar-refractivity contribution is -0.385. The first kappa shape index (κ1) is 20.0. The minimum atomic E-state index is -0.954. The van der Waals surface area contributed by atoms with Gasteiger partial charge in [0.15, 0.2) is 5.75 Å². The molecule has 0 aliphatic rings. The molecular weight excluding hydrogens is 356 g/mol. The Kier molecular flexibility index (Phi) is 6.95. The number of hydrogen-bond donors (Lipinski definition) is 2. The second-order valence-corrected chi connectivity index (χ2v) is 5.49. The molecule has 0 aromatic heterocycles. The third-order valence-electron chi connectivity index (χ3n) is 3.64. The smallest absolute Gasteiger partial charge is 0.311 e. The molecule has 2 N–H and O–H groups in total. The third kappa shape index (κ3) is 5.58. The van der Waals surface area contributed by atoms with E-state index < -0.39 is 16.9 Å². The number of aliphatic hydroxyl groups excluding tert-OH is 1. The highest BCUT2D eigenvalue weighted by atomic mass is 16.6. The van der Waals surface area contributed by atoms with Crippen molar-refractivity contribution in [3.8, 4) is 17.2 Å². The molecule has 0 aliphatic carbocycles. The van der Waals surface area contributed by atoms with Gasteiger partial charge in [0.05, 0.1) is 19.1 Å². The maximum absolute atomic E-state index is 12.1. The van der Waals surface area contributed by atoms with Gasteiger partial charge in [0.25, 0.3) is 5.91 Å². The van der Waals surface area contributed by atoms with Gasteiger partial charge in [-0.05, 0) is 36.4 Å². The minimum absolute atomic E-state index is 0.0324. The van der Waals surface area contributed by atoms with E-state index in [1.807, 2.05) is 0 Å². The third-order valence-corrected chi connectivity index (χ3v) is 3.64. The van der Waals surface area contributed by atoms with Gasteiger partial charge in [-0.2, -0.15) is 0 Å². The van der Waals surface area contributed by atoms with Crippen LogP contribution in [0.1, 0.15) is 10.4 Å². The van der Waals surface area contributed by atoms with E-state index in [0.717, 1.165) is 6.07 Å². The minimum Gasteiger partial charge on any atom is -0.497 e. The molecule has 27 heavy (non-hydrogen) atoms. The van der Waals surface area contributed by atoms with E-state index in [0.29, 0.717) is 11.5 Å². The second-order valence-electron chi connectivity index (χ2n) is 5.49. The first-order chi connectivity index (χ1) is 12.9. The molecule has 0 radical (unpaired) electrons. The van der Waals surface area contributed by atoms with Gasteiger partial charge < -0.3 is 24.6 Å². The van der Waals surface area contributed by atoms with E-state index in [2.05, 4.69) is 5.32 Å². The van der Waals surface area contributed by atoms with Gasteiger partial charge in [-0.25, -0.2) is 0 Å². The summed E-state index contributed by atoms with van der Waals surface area (Å²) in [5, 5.41) is 23.5. The molecule has 2 aromatic carbocycles. The van der Waals surface area contributed by atoms with Crippen molar-refractivity contribution in [2.45, 2.75) is 6.10 Å². The number of nitro groups is 1. The number of aliphatic hydroxyl groups is 1. The molecule has 0 fully saturated rings. The quantitative estimate of drug-likeness (QED) is 0.505. The average Bonchev–Trinajstić information content (AvgIpc) is 2.70. The van der Waals surface area contributed by atoms with Crippen LogP contribution in [0.15, 0.2) is 42.5 Å².